The van der Waals surface area contributed by atoms with Gasteiger partial charge >= 0.3 is 0 Å². The highest BCUT2D eigenvalue weighted by Crippen LogP contribution is 2.24. The molecule has 0 aliphatic carbocycles. The molecule has 138 valence electrons. The fraction of sp³-hybridized carbons (Fsp3) is 0.316. The van der Waals surface area contributed by atoms with Gasteiger partial charge < -0.3 is 14.7 Å². The van der Waals surface area contributed by atoms with Crippen LogP contribution in [-0.2, 0) is 9.53 Å². The van der Waals surface area contributed by atoms with Crippen LogP contribution in [0.2, 0.25) is 0 Å². The molecular formula is C19H23N3O4. The van der Waals surface area contributed by atoms with Gasteiger partial charge in [-0.15, -0.1) is 0 Å². The third-order valence-electron chi connectivity index (χ3n) is 4.44. The molecule has 1 aromatic carbocycles. The number of amides is 1. The average Bonchev–Trinajstić information content (AvgIpc) is 2.67. The highest BCUT2D eigenvalue weighted by molar-refractivity contribution is 5.91. The monoisotopic (exact) mass is 357 g/mol. The van der Waals surface area contributed by atoms with E-state index in [1.807, 2.05) is 24.3 Å². The fourth-order valence-corrected chi connectivity index (χ4v) is 3.12. The van der Waals surface area contributed by atoms with Crippen LogP contribution >= 0.6 is 0 Å². The van der Waals surface area contributed by atoms with E-state index in [2.05, 4.69) is 9.80 Å². The van der Waals surface area contributed by atoms with Crippen LogP contribution in [-0.4, -0.2) is 59.6 Å². The molecule has 0 spiro atoms. The summed E-state index contributed by atoms with van der Waals surface area (Å²) in [6.07, 6.45) is 9.67. The number of anilines is 1. The SMILES string of the molecule is O=C(/C=C/c1ccccc1N1CCN(CC2(O)C=CC=CO2)CC1)NO. The van der Waals surface area contributed by atoms with Crippen molar-refractivity contribution >= 4 is 17.7 Å². The molecule has 1 fully saturated rings. The number of carbonyl (C=O) groups is 1. The maximum atomic E-state index is 11.2. The third-order valence-corrected chi connectivity index (χ3v) is 4.44. The summed E-state index contributed by atoms with van der Waals surface area (Å²) in [5.74, 6) is -1.83. The first-order chi connectivity index (χ1) is 12.6. The Kier molecular flexibility index (Phi) is 5.72. The summed E-state index contributed by atoms with van der Waals surface area (Å²) in [4.78, 5) is 15.6. The van der Waals surface area contributed by atoms with Gasteiger partial charge in [0.15, 0.2) is 0 Å². The van der Waals surface area contributed by atoms with E-state index in [0.717, 1.165) is 37.4 Å². The minimum Gasteiger partial charge on any atom is -0.465 e. The van der Waals surface area contributed by atoms with Crippen LogP contribution in [0, 0.1) is 0 Å². The van der Waals surface area contributed by atoms with E-state index in [4.69, 9.17) is 9.94 Å². The van der Waals surface area contributed by atoms with E-state index in [0.29, 0.717) is 6.54 Å². The standard InChI is InChI=1S/C19H23N3O4/c23-18(20-25)8-7-16-5-1-2-6-17(16)22-12-10-21(11-13-22)15-19(24)9-3-4-14-26-19/h1-9,14,24-25H,10-13,15H2,(H,20,23)/b8-7+. The lowest BCUT2D eigenvalue weighted by Crippen LogP contribution is -2.52. The molecule has 7 heteroatoms. The first-order valence-corrected chi connectivity index (χ1v) is 8.53. The van der Waals surface area contributed by atoms with Gasteiger partial charge in [0, 0.05) is 37.9 Å². The van der Waals surface area contributed by atoms with Crippen molar-refractivity contribution in [3.63, 3.8) is 0 Å². The minimum absolute atomic E-state index is 0.417. The molecule has 26 heavy (non-hydrogen) atoms. The first-order valence-electron chi connectivity index (χ1n) is 8.53. The zero-order valence-electron chi connectivity index (χ0n) is 14.4. The number of nitrogens with zero attached hydrogens (tertiary/aromatic N) is 2. The van der Waals surface area contributed by atoms with Gasteiger partial charge in [0.1, 0.15) is 0 Å². The number of nitrogens with one attached hydrogen (secondary N) is 1. The van der Waals surface area contributed by atoms with Crippen LogP contribution in [0.25, 0.3) is 6.08 Å². The number of β-amino-alcohol motifs (C(OH)–C–C–N with tert-alkyl or cyclic N) is 1. The van der Waals surface area contributed by atoms with Crippen LogP contribution in [0.4, 0.5) is 5.69 Å². The molecular weight excluding hydrogens is 334 g/mol. The van der Waals surface area contributed by atoms with Gasteiger partial charge in [0.05, 0.1) is 12.8 Å². The first kappa shape index (κ1) is 18.2. The normalized spacial score (nSPS) is 23.2. The molecule has 1 atom stereocenters. The van der Waals surface area contributed by atoms with Crippen LogP contribution in [0.5, 0.6) is 0 Å². The third kappa shape index (κ3) is 4.51. The molecule has 2 aliphatic rings. The highest BCUT2D eigenvalue weighted by Gasteiger charge is 2.30. The van der Waals surface area contributed by atoms with Gasteiger partial charge in [-0.1, -0.05) is 24.3 Å². The van der Waals surface area contributed by atoms with Crippen LogP contribution in [0.3, 0.4) is 0 Å². The number of aliphatic hydroxyl groups is 1. The van der Waals surface area contributed by atoms with Crippen molar-refractivity contribution in [3.8, 4) is 0 Å². The second kappa shape index (κ2) is 8.18. The number of carbonyl (C=O) groups excluding carboxylic acids is 1. The smallest absolute Gasteiger partial charge is 0.267 e. The Morgan fingerprint density at radius 2 is 2.00 bits per heavy atom. The molecule has 0 bridgehead atoms. The zero-order valence-corrected chi connectivity index (χ0v) is 14.4. The van der Waals surface area contributed by atoms with Gasteiger partial charge in [-0.3, -0.25) is 14.9 Å². The molecule has 0 radical (unpaired) electrons. The number of piperazine rings is 1. The van der Waals surface area contributed by atoms with Gasteiger partial charge in [-0.25, -0.2) is 5.48 Å². The predicted molar refractivity (Wildman–Crippen MR) is 98.4 cm³/mol. The van der Waals surface area contributed by atoms with Gasteiger partial charge in [0.25, 0.3) is 5.91 Å². The lowest BCUT2D eigenvalue weighted by molar-refractivity contribution is -0.143. The Bertz CT molecular complexity index is 723. The van der Waals surface area contributed by atoms with E-state index in [9.17, 15) is 9.90 Å². The Labute approximate surface area is 152 Å². The molecule has 1 aromatic rings. The number of para-hydroxylation sites is 1. The van der Waals surface area contributed by atoms with Crippen molar-refractivity contribution in [1.82, 2.24) is 10.4 Å². The summed E-state index contributed by atoms with van der Waals surface area (Å²) in [5.41, 5.74) is 3.53. The number of hydrogen-bond acceptors (Lipinski definition) is 6. The predicted octanol–water partition coefficient (Wildman–Crippen LogP) is 1.12. The van der Waals surface area contributed by atoms with Gasteiger partial charge in [0.2, 0.25) is 5.79 Å². The van der Waals surface area contributed by atoms with Crippen molar-refractivity contribution in [1.29, 1.82) is 0 Å². The number of ether oxygens (including phenoxy) is 1. The summed E-state index contributed by atoms with van der Waals surface area (Å²) in [7, 11) is 0. The molecule has 1 unspecified atom stereocenters. The molecule has 1 amide bonds. The lowest BCUT2D eigenvalue weighted by Gasteiger charge is -2.39. The second-order valence-corrected chi connectivity index (χ2v) is 6.28. The zero-order chi connectivity index (χ0) is 18.4. The Morgan fingerprint density at radius 3 is 2.69 bits per heavy atom. The second-order valence-electron chi connectivity index (χ2n) is 6.28. The van der Waals surface area contributed by atoms with Gasteiger partial charge in [-0.05, 0) is 29.9 Å². The number of hydrogen-bond donors (Lipinski definition) is 3. The van der Waals surface area contributed by atoms with Crippen LogP contribution in [0.15, 0.2) is 54.8 Å². The van der Waals surface area contributed by atoms with Crippen molar-refractivity contribution in [2.75, 3.05) is 37.6 Å². The van der Waals surface area contributed by atoms with Crippen molar-refractivity contribution < 1.29 is 19.8 Å². The Balaban J connectivity index is 1.61. The number of rotatable bonds is 5. The van der Waals surface area contributed by atoms with Gasteiger partial charge in [-0.2, -0.15) is 0 Å². The van der Waals surface area contributed by atoms with E-state index in [1.54, 1.807) is 29.8 Å². The summed E-state index contributed by atoms with van der Waals surface area (Å²) in [5, 5.41) is 19.0. The summed E-state index contributed by atoms with van der Waals surface area (Å²) in [6, 6.07) is 7.81. The highest BCUT2D eigenvalue weighted by atomic mass is 16.6. The van der Waals surface area contributed by atoms with E-state index in [1.165, 1.54) is 12.3 Å². The maximum absolute atomic E-state index is 11.2. The lowest BCUT2D eigenvalue weighted by atomic mass is 10.1. The number of allylic oxidation sites excluding steroid dienone is 2. The molecule has 2 heterocycles. The van der Waals surface area contributed by atoms with E-state index < -0.39 is 11.7 Å². The Hall–Kier alpha value is -2.61. The van der Waals surface area contributed by atoms with E-state index >= 15 is 0 Å². The molecule has 2 aliphatic heterocycles. The molecule has 3 N–H and O–H groups in total. The molecule has 0 saturated carbocycles. The average molecular weight is 357 g/mol. The minimum atomic E-state index is -1.27. The van der Waals surface area contributed by atoms with Crippen molar-refractivity contribution in [2.24, 2.45) is 0 Å². The maximum Gasteiger partial charge on any atom is 0.267 e. The molecule has 7 nitrogen and oxygen atoms in total. The molecule has 3 rings (SSSR count). The van der Waals surface area contributed by atoms with Crippen LogP contribution in [0.1, 0.15) is 5.56 Å². The fourth-order valence-electron chi connectivity index (χ4n) is 3.12. The molecule has 0 aromatic heterocycles. The largest absolute Gasteiger partial charge is 0.465 e. The molecule has 1 saturated heterocycles. The summed E-state index contributed by atoms with van der Waals surface area (Å²) >= 11 is 0. The number of hydroxylamine groups is 1. The number of benzene rings is 1. The summed E-state index contributed by atoms with van der Waals surface area (Å²) < 4.78 is 5.33. The Morgan fingerprint density at radius 1 is 1.23 bits per heavy atom. The quantitative estimate of drug-likeness (QED) is 0.416. The van der Waals surface area contributed by atoms with E-state index in [-0.39, 0.29) is 0 Å². The van der Waals surface area contributed by atoms with Crippen molar-refractivity contribution in [3.05, 3.63) is 60.4 Å². The summed E-state index contributed by atoms with van der Waals surface area (Å²) in [6.45, 7) is 3.59. The topological polar surface area (TPSA) is 85.3 Å². The van der Waals surface area contributed by atoms with Crippen molar-refractivity contribution in [2.45, 2.75) is 5.79 Å². The van der Waals surface area contributed by atoms with Crippen LogP contribution < -0.4 is 10.4 Å².